The summed E-state index contributed by atoms with van der Waals surface area (Å²) in [6.07, 6.45) is 4.53. The Morgan fingerprint density at radius 3 is 1.85 bits per heavy atom. The Labute approximate surface area is 156 Å². The zero-order valence-electron chi connectivity index (χ0n) is 15.9. The lowest BCUT2D eigenvalue weighted by Gasteiger charge is -2.25. The molecule has 0 unspecified atom stereocenters. The summed E-state index contributed by atoms with van der Waals surface area (Å²) < 4.78 is 0. The van der Waals surface area contributed by atoms with Gasteiger partial charge in [0.25, 0.3) is 0 Å². The van der Waals surface area contributed by atoms with Crippen molar-refractivity contribution in [2.45, 2.75) is 46.5 Å². The first-order valence-electron chi connectivity index (χ1n) is 9.34. The van der Waals surface area contributed by atoms with Crippen LogP contribution in [0.4, 0.5) is 17.1 Å². The maximum absolute atomic E-state index is 10.3. The van der Waals surface area contributed by atoms with Gasteiger partial charge in [-0.25, -0.2) is 0 Å². The van der Waals surface area contributed by atoms with E-state index in [2.05, 4.69) is 29.0 Å². The maximum Gasteiger partial charge on any atom is 0.145 e. The number of phenolic OH excluding ortho intramolecular Hbond substituents is 2. The summed E-state index contributed by atoms with van der Waals surface area (Å²) in [4.78, 5) is 2.31. The lowest BCUT2D eigenvalue weighted by Crippen LogP contribution is -2.25. The topological polar surface area (TPSA) is 68.4 Å². The van der Waals surface area contributed by atoms with Gasteiger partial charge in [0, 0.05) is 24.8 Å². The molecule has 5 heteroatoms. The molecule has 0 saturated heterocycles. The number of aromatic hydroxyl groups is 2. The van der Waals surface area contributed by atoms with Crippen molar-refractivity contribution in [2.24, 2.45) is 10.2 Å². The van der Waals surface area contributed by atoms with E-state index in [0.29, 0.717) is 11.4 Å². The minimum atomic E-state index is 0.0789. The van der Waals surface area contributed by atoms with Gasteiger partial charge >= 0.3 is 0 Å². The number of benzene rings is 2. The van der Waals surface area contributed by atoms with Crippen LogP contribution in [0.5, 0.6) is 11.5 Å². The van der Waals surface area contributed by atoms with E-state index < -0.39 is 0 Å². The molecule has 0 aliphatic heterocycles. The molecular formula is C21H29N3O2. The summed E-state index contributed by atoms with van der Waals surface area (Å²) in [6, 6.07) is 10.7. The lowest BCUT2D eigenvalue weighted by atomic mass is 10.2. The molecule has 0 saturated carbocycles. The quantitative estimate of drug-likeness (QED) is 0.524. The fraction of sp³-hybridized carbons (Fsp3) is 0.429. The van der Waals surface area contributed by atoms with Crippen LogP contribution in [0, 0.1) is 6.92 Å². The Bertz CT molecular complexity index is 736. The molecule has 2 aromatic carbocycles. The van der Waals surface area contributed by atoms with Crippen LogP contribution in [-0.2, 0) is 0 Å². The molecule has 0 aliphatic rings. The Morgan fingerprint density at radius 2 is 1.35 bits per heavy atom. The number of hydrogen-bond donors (Lipinski definition) is 2. The zero-order chi connectivity index (χ0) is 18.9. The second kappa shape index (κ2) is 9.80. The van der Waals surface area contributed by atoms with Gasteiger partial charge in [-0.05, 0) is 49.6 Å². The molecule has 2 rings (SSSR count). The molecule has 0 aliphatic carbocycles. The molecule has 26 heavy (non-hydrogen) atoms. The fourth-order valence-corrected chi connectivity index (χ4v) is 2.69. The molecule has 140 valence electrons. The molecular weight excluding hydrogens is 326 g/mol. The first kappa shape index (κ1) is 19.8. The Balaban J connectivity index is 2.17. The molecule has 2 N–H and O–H groups in total. The fourth-order valence-electron chi connectivity index (χ4n) is 2.69. The van der Waals surface area contributed by atoms with E-state index in [9.17, 15) is 10.2 Å². The molecule has 0 aromatic heterocycles. The highest BCUT2D eigenvalue weighted by Gasteiger charge is 2.09. The highest BCUT2D eigenvalue weighted by molar-refractivity contribution is 5.61. The second-order valence-corrected chi connectivity index (χ2v) is 6.56. The molecule has 5 nitrogen and oxygen atoms in total. The van der Waals surface area contributed by atoms with Crippen molar-refractivity contribution in [1.29, 1.82) is 0 Å². The lowest BCUT2D eigenvalue weighted by molar-refractivity contribution is 0.473. The van der Waals surface area contributed by atoms with E-state index in [0.717, 1.165) is 50.0 Å². The molecule has 0 radical (unpaired) electrons. The van der Waals surface area contributed by atoms with E-state index in [-0.39, 0.29) is 11.5 Å². The average Bonchev–Trinajstić information content (AvgIpc) is 2.62. The molecule has 0 fully saturated rings. The van der Waals surface area contributed by atoms with Crippen molar-refractivity contribution in [3.05, 3.63) is 42.0 Å². The number of azo groups is 1. The van der Waals surface area contributed by atoms with Crippen molar-refractivity contribution in [2.75, 3.05) is 18.0 Å². The summed E-state index contributed by atoms with van der Waals surface area (Å²) in [7, 11) is 0. The van der Waals surface area contributed by atoms with Crippen LogP contribution in [-0.4, -0.2) is 23.3 Å². The summed E-state index contributed by atoms with van der Waals surface area (Å²) in [5.74, 6) is 0.172. The molecule has 0 bridgehead atoms. The smallest absolute Gasteiger partial charge is 0.145 e. The van der Waals surface area contributed by atoms with E-state index in [1.54, 1.807) is 24.3 Å². The van der Waals surface area contributed by atoms with Crippen LogP contribution in [0.3, 0.4) is 0 Å². The van der Waals surface area contributed by atoms with Gasteiger partial charge in [0.15, 0.2) is 0 Å². The van der Waals surface area contributed by atoms with Gasteiger partial charge in [0.1, 0.15) is 22.9 Å². The predicted octanol–water partition coefficient (Wildman–Crippen LogP) is 6.23. The number of unbranched alkanes of at least 4 members (excludes halogenated alkanes) is 2. The van der Waals surface area contributed by atoms with Crippen LogP contribution in [0.15, 0.2) is 46.6 Å². The highest BCUT2D eigenvalue weighted by atomic mass is 16.3. The summed E-state index contributed by atoms with van der Waals surface area (Å²) in [5, 5.41) is 28.4. The van der Waals surface area contributed by atoms with Gasteiger partial charge in [0.05, 0.1) is 0 Å². The maximum atomic E-state index is 10.3. The number of hydrogen-bond acceptors (Lipinski definition) is 5. The Morgan fingerprint density at radius 1 is 0.808 bits per heavy atom. The number of aryl methyl sites for hydroxylation is 1. The van der Waals surface area contributed by atoms with Crippen LogP contribution in [0.2, 0.25) is 0 Å². The first-order chi connectivity index (χ1) is 12.5. The van der Waals surface area contributed by atoms with Crippen LogP contribution < -0.4 is 4.90 Å². The van der Waals surface area contributed by atoms with Crippen molar-refractivity contribution >= 4 is 17.1 Å². The average molecular weight is 355 g/mol. The normalized spacial score (nSPS) is 11.2. The summed E-state index contributed by atoms with van der Waals surface area (Å²) in [5.41, 5.74) is 2.72. The van der Waals surface area contributed by atoms with Gasteiger partial charge in [0.2, 0.25) is 0 Å². The largest absolute Gasteiger partial charge is 0.506 e. The highest BCUT2D eigenvalue weighted by Crippen LogP contribution is 2.34. The summed E-state index contributed by atoms with van der Waals surface area (Å²) >= 11 is 0. The van der Waals surface area contributed by atoms with Gasteiger partial charge in [-0.2, -0.15) is 0 Å². The van der Waals surface area contributed by atoms with Gasteiger partial charge < -0.3 is 15.1 Å². The molecule has 0 atom stereocenters. The minimum Gasteiger partial charge on any atom is -0.506 e. The third kappa shape index (κ3) is 5.48. The number of nitrogens with zero attached hydrogens (tertiary/aromatic N) is 3. The van der Waals surface area contributed by atoms with E-state index in [1.165, 1.54) is 0 Å². The van der Waals surface area contributed by atoms with Crippen molar-refractivity contribution in [3.63, 3.8) is 0 Å². The second-order valence-electron chi connectivity index (χ2n) is 6.56. The van der Waals surface area contributed by atoms with Gasteiger partial charge in [-0.1, -0.05) is 32.8 Å². The SMILES string of the molecule is CCCCN(CCCC)c1ccc(N=Nc2ccc(C)cc2O)c(O)c1. The van der Waals surface area contributed by atoms with E-state index in [1.807, 2.05) is 19.1 Å². The Kier molecular flexibility index (Phi) is 7.45. The van der Waals surface area contributed by atoms with E-state index in [4.69, 9.17) is 0 Å². The van der Waals surface area contributed by atoms with Crippen LogP contribution in [0.25, 0.3) is 0 Å². The number of phenols is 2. The zero-order valence-corrected chi connectivity index (χ0v) is 15.9. The van der Waals surface area contributed by atoms with Gasteiger partial charge in [-0.15, -0.1) is 10.2 Å². The molecule has 2 aromatic rings. The standard InChI is InChI=1S/C21H29N3O2/c1-4-6-12-24(13-7-5-2)17-9-11-19(21(26)15-17)23-22-18-10-8-16(3)14-20(18)25/h8-11,14-15,25-26H,4-7,12-13H2,1-3H3. The minimum absolute atomic E-state index is 0.0789. The monoisotopic (exact) mass is 355 g/mol. The van der Waals surface area contributed by atoms with Crippen molar-refractivity contribution < 1.29 is 10.2 Å². The Hall–Kier alpha value is -2.56. The van der Waals surface area contributed by atoms with Crippen molar-refractivity contribution in [1.82, 2.24) is 0 Å². The third-order valence-corrected chi connectivity index (χ3v) is 4.28. The predicted molar refractivity (Wildman–Crippen MR) is 107 cm³/mol. The first-order valence-corrected chi connectivity index (χ1v) is 9.34. The van der Waals surface area contributed by atoms with Gasteiger partial charge in [-0.3, -0.25) is 0 Å². The van der Waals surface area contributed by atoms with Crippen molar-refractivity contribution in [3.8, 4) is 11.5 Å². The summed E-state index contributed by atoms with van der Waals surface area (Å²) in [6.45, 7) is 8.22. The molecule has 0 amide bonds. The third-order valence-electron chi connectivity index (χ3n) is 4.28. The number of anilines is 1. The van der Waals surface area contributed by atoms with Crippen LogP contribution in [0.1, 0.15) is 45.1 Å². The van der Waals surface area contributed by atoms with Crippen LogP contribution >= 0.6 is 0 Å². The molecule has 0 heterocycles. The van der Waals surface area contributed by atoms with E-state index >= 15 is 0 Å². The number of rotatable bonds is 9. The molecule has 0 spiro atoms.